The summed E-state index contributed by atoms with van der Waals surface area (Å²) in [5.41, 5.74) is 6.03. The van der Waals surface area contributed by atoms with Gasteiger partial charge in [-0.2, -0.15) is 8.42 Å². The van der Waals surface area contributed by atoms with E-state index in [-0.39, 0.29) is 29.7 Å². The summed E-state index contributed by atoms with van der Waals surface area (Å²) in [6.45, 7) is 7.41. The van der Waals surface area contributed by atoms with Crippen LogP contribution in [0.5, 0.6) is 11.5 Å². The van der Waals surface area contributed by atoms with Crippen LogP contribution in [0.3, 0.4) is 0 Å². The molecule has 5 rings (SSSR count). The van der Waals surface area contributed by atoms with Gasteiger partial charge >= 0.3 is 0 Å². The Bertz CT molecular complexity index is 1680. The van der Waals surface area contributed by atoms with Crippen LogP contribution in [0.2, 0.25) is 0 Å². The van der Waals surface area contributed by atoms with E-state index in [1.165, 1.54) is 42.5 Å². The molecule has 0 saturated heterocycles. The van der Waals surface area contributed by atoms with Crippen LogP contribution in [0.15, 0.2) is 102 Å². The zero-order valence-corrected chi connectivity index (χ0v) is 32.1. The Kier molecular flexibility index (Phi) is 18.3. The average Bonchev–Trinajstić information content (AvgIpc) is 3.12. The molecule has 1 atom stereocenters. The second kappa shape index (κ2) is 22.1. The Morgan fingerprint density at radius 3 is 2.04 bits per heavy atom. The number of fused-ring (bicyclic) bond motifs is 1. The highest BCUT2D eigenvalue weighted by molar-refractivity contribution is 7.85. The molecule has 0 unspecified atom stereocenters. The quantitative estimate of drug-likeness (QED) is 0.0688. The van der Waals surface area contributed by atoms with Crippen LogP contribution >= 0.6 is 24.8 Å². The van der Waals surface area contributed by atoms with E-state index < -0.39 is 10.1 Å². The van der Waals surface area contributed by atoms with Crippen LogP contribution in [0.25, 0.3) is 0 Å². The number of rotatable bonds is 20. The van der Waals surface area contributed by atoms with E-state index in [9.17, 15) is 8.42 Å². The number of halogens is 2. The largest absolute Gasteiger partial charge is 0.485 e. The molecule has 1 aliphatic carbocycles. The van der Waals surface area contributed by atoms with Gasteiger partial charge in [-0.3, -0.25) is 4.55 Å². The van der Waals surface area contributed by atoms with E-state index >= 15 is 0 Å². The fraction of sp³-hybridized carbons (Fsp3) is 0.415. The molecule has 4 aromatic rings. The van der Waals surface area contributed by atoms with Gasteiger partial charge in [0, 0.05) is 11.6 Å². The lowest BCUT2D eigenvalue weighted by Crippen LogP contribution is -2.40. The van der Waals surface area contributed by atoms with Crippen molar-refractivity contribution in [2.75, 3.05) is 26.2 Å². The Labute approximate surface area is 317 Å². The maximum atomic E-state index is 11.2. The Balaban J connectivity index is 0.00000351. The molecule has 10 heteroatoms. The third kappa shape index (κ3) is 13.4. The lowest BCUT2D eigenvalue weighted by atomic mass is 9.86. The van der Waals surface area contributed by atoms with Gasteiger partial charge in [-0.25, -0.2) is 0 Å². The van der Waals surface area contributed by atoms with Crippen LogP contribution in [0, 0.1) is 0 Å². The molecule has 1 aliphatic rings. The van der Waals surface area contributed by atoms with Crippen molar-refractivity contribution in [3.63, 3.8) is 0 Å². The first-order chi connectivity index (χ1) is 23.9. The number of hydrogen-bond donors (Lipinski definition) is 2. The molecule has 7 nitrogen and oxygen atoms in total. The maximum Gasteiger partial charge on any atom is 0.294 e. The van der Waals surface area contributed by atoms with E-state index in [1.54, 1.807) is 12.1 Å². The van der Waals surface area contributed by atoms with E-state index in [4.69, 9.17) is 14.0 Å². The summed E-state index contributed by atoms with van der Waals surface area (Å²) < 4.78 is 44.5. The number of unbranched alkanes of at least 4 members (excludes halogenated alkanes) is 3. The van der Waals surface area contributed by atoms with Crippen molar-refractivity contribution in [1.82, 2.24) is 10.2 Å². The molecule has 0 bridgehead atoms. The summed E-state index contributed by atoms with van der Waals surface area (Å²) in [4.78, 5) is 2.66. The molecule has 51 heavy (non-hydrogen) atoms. The van der Waals surface area contributed by atoms with E-state index in [2.05, 4.69) is 65.7 Å². The van der Waals surface area contributed by atoms with Crippen molar-refractivity contribution in [3.8, 4) is 11.5 Å². The molecular weight excluding hydrogens is 703 g/mol. The molecule has 2 N–H and O–H groups in total. The van der Waals surface area contributed by atoms with Crippen molar-refractivity contribution in [2.45, 2.75) is 88.9 Å². The molecule has 0 heterocycles. The van der Waals surface area contributed by atoms with Gasteiger partial charge in [0.2, 0.25) is 0 Å². The molecule has 0 fully saturated rings. The molecule has 0 saturated carbocycles. The van der Waals surface area contributed by atoms with E-state index in [0.29, 0.717) is 19.3 Å². The summed E-state index contributed by atoms with van der Waals surface area (Å²) in [7, 11) is -4.14. The van der Waals surface area contributed by atoms with Crippen molar-refractivity contribution < 1.29 is 22.4 Å². The van der Waals surface area contributed by atoms with Crippen LogP contribution < -0.4 is 14.8 Å². The van der Waals surface area contributed by atoms with Crippen molar-refractivity contribution in [2.24, 2.45) is 0 Å². The first-order valence-corrected chi connectivity index (χ1v) is 19.3. The summed E-state index contributed by atoms with van der Waals surface area (Å²) in [6.07, 6.45) is 9.92. The van der Waals surface area contributed by atoms with Crippen LogP contribution in [0.1, 0.15) is 73.3 Å². The smallest absolute Gasteiger partial charge is 0.294 e. The Hall–Kier alpha value is -3.11. The van der Waals surface area contributed by atoms with E-state index in [1.807, 2.05) is 24.3 Å². The monoisotopic (exact) mass is 756 g/mol. The van der Waals surface area contributed by atoms with Crippen molar-refractivity contribution in [1.29, 1.82) is 0 Å². The van der Waals surface area contributed by atoms with Gasteiger partial charge in [0.05, 0.1) is 4.90 Å². The second-order valence-corrected chi connectivity index (χ2v) is 14.5. The number of nitrogens with one attached hydrogen (secondary N) is 1. The summed E-state index contributed by atoms with van der Waals surface area (Å²) in [6, 6.07) is 32.0. The third-order valence-corrected chi connectivity index (χ3v) is 10.2. The normalized spacial score (nSPS) is 13.9. The highest BCUT2D eigenvalue weighted by atomic mass is 35.5. The van der Waals surface area contributed by atoms with Gasteiger partial charge in [0.15, 0.2) is 11.5 Å². The fourth-order valence-corrected chi connectivity index (χ4v) is 7.18. The zero-order valence-electron chi connectivity index (χ0n) is 29.7. The highest BCUT2D eigenvalue weighted by Gasteiger charge is 2.27. The van der Waals surface area contributed by atoms with Gasteiger partial charge < -0.3 is 19.7 Å². The molecule has 0 amide bonds. The molecule has 0 aliphatic heterocycles. The highest BCUT2D eigenvalue weighted by Crippen LogP contribution is 2.39. The third-order valence-electron chi connectivity index (χ3n) is 9.36. The Morgan fingerprint density at radius 2 is 1.39 bits per heavy atom. The first-order valence-electron chi connectivity index (χ1n) is 17.9. The minimum absolute atomic E-state index is 0. The average molecular weight is 758 g/mol. The predicted molar refractivity (Wildman–Crippen MR) is 211 cm³/mol. The molecule has 0 radical (unpaired) electrons. The van der Waals surface area contributed by atoms with Crippen LogP contribution in [0.4, 0.5) is 0 Å². The van der Waals surface area contributed by atoms with Gasteiger partial charge in [-0.1, -0.05) is 98.6 Å². The molecule has 4 aromatic carbocycles. The van der Waals surface area contributed by atoms with Crippen LogP contribution in [-0.2, 0) is 42.6 Å². The number of benzene rings is 4. The van der Waals surface area contributed by atoms with Crippen LogP contribution in [-0.4, -0.2) is 50.1 Å². The Morgan fingerprint density at radius 1 is 0.745 bits per heavy atom. The zero-order chi connectivity index (χ0) is 34.3. The molecule has 278 valence electrons. The first kappa shape index (κ1) is 42.3. The summed E-state index contributed by atoms with van der Waals surface area (Å²) in [5, 5.41) is 3.51. The summed E-state index contributed by atoms with van der Waals surface area (Å²) in [5.74, 6) is 1.73. The lowest BCUT2D eigenvalue weighted by Gasteiger charge is -2.36. The fourth-order valence-electron chi connectivity index (χ4n) is 6.70. The number of ether oxygens (including phenoxy) is 2. The SMILES string of the molecule is CCCN(CCCCCCNCCc1ccc(S(=O)(=O)O)cc1)[C@H]1CCc2c(ccc(OCc3ccccc3)c2OCc2ccccc2)C1.Cl.Cl. The topological polar surface area (TPSA) is 88.1 Å². The van der Waals surface area contributed by atoms with Gasteiger partial charge in [0.25, 0.3) is 10.1 Å². The number of nitrogens with zero attached hydrogens (tertiary/aromatic N) is 1. The van der Waals surface area contributed by atoms with Crippen molar-refractivity contribution >= 4 is 34.9 Å². The lowest BCUT2D eigenvalue weighted by molar-refractivity contribution is 0.174. The molecule has 0 aromatic heterocycles. The minimum atomic E-state index is -4.14. The van der Waals surface area contributed by atoms with Gasteiger partial charge in [-0.05, 0) is 112 Å². The minimum Gasteiger partial charge on any atom is -0.485 e. The predicted octanol–water partition coefficient (Wildman–Crippen LogP) is 8.90. The second-order valence-electron chi connectivity index (χ2n) is 13.0. The summed E-state index contributed by atoms with van der Waals surface area (Å²) >= 11 is 0. The molecular formula is C41H54Cl2N2O5S. The maximum absolute atomic E-state index is 11.2. The van der Waals surface area contributed by atoms with Crippen molar-refractivity contribution in [3.05, 3.63) is 125 Å². The van der Waals surface area contributed by atoms with Gasteiger partial charge in [0.1, 0.15) is 13.2 Å². The van der Waals surface area contributed by atoms with E-state index in [0.717, 1.165) is 92.9 Å². The number of hydrogen-bond acceptors (Lipinski definition) is 6. The van der Waals surface area contributed by atoms with Gasteiger partial charge in [-0.15, -0.1) is 24.8 Å². The standard InChI is InChI=1S/C41H52N2O5S.2ClH/c1-2-28-43(29-12-4-3-11-26-42-27-25-33-17-21-38(22-18-33)49(44,45)46)37-20-23-39-36(30-37)19-24-40(47-31-34-13-7-5-8-14-34)41(39)48-32-35-15-9-6-10-16-35;;/h5-10,13-19,21-22,24,37,42H,2-4,11-12,20,23,25-32H2,1H3,(H,44,45,46);2*1H/t37-;;/m0../s1. The molecule has 0 spiro atoms.